The second-order valence-corrected chi connectivity index (χ2v) is 6.71. The van der Waals surface area contributed by atoms with E-state index >= 15 is 0 Å². The van der Waals surface area contributed by atoms with E-state index in [1.54, 1.807) is 11.3 Å². The highest BCUT2D eigenvalue weighted by atomic mass is 32.1. The molecule has 0 aliphatic heterocycles. The quantitative estimate of drug-likeness (QED) is 0.696. The molecule has 0 atom stereocenters. The first kappa shape index (κ1) is 16.6. The largest absolute Gasteiger partial charge is 0.352 e. The lowest BCUT2D eigenvalue weighted by Gasteiger charge is -2.09. The number of amides is 1. The van der Waals surface area contributed by atoms with Gasteiger partial charge in [0.05, 0.1) is 15.2 Å². The number of nitrogens with zero attached hydrogens (tertiary/aromatic N) is 1. The summed E-state index contributed by atoms with van der Waals surface area (Å²) in [7, 11) is 1.92. The van der Waals surface area contributed by atoms with Crippen molar-refractivity contribution >= 4 is 27.5 Å². The highest BCUT2D eigenvalue weighted by Gasteiger charge is 2.10. The fraction of sp³-hybridized carbons (Fsp3) is 0.263. The molecule has 5 heteroatoms. The summed E-state index contributed by atoms with van der Waals surface area (Å²) in [6.45, 7) is 1.45. The fourth-order valence-electron chi connectivity index (χ4n) is 2.62. The van der Waals surface area contributed by atoms with Crippen LogP contribution in [0.3, 0.4) is 0 Å². The van der Waals surface area contributed by atoms with E-state index in [1.165, 1.54) is 4.70 Å². The summed E-state index contributed by atoms with van der Waals surface area (Å²) in [5, 5.41) is 7.19. The standard InChI is InChI=1S/C19H21N3OS/c1-20-12-10-14-6-2-3-7-15(14)19(23)21-13-11-18-22-16-8-4-5-9-17(16)24-18/h2-9,20H,10-13H2,1H3,(H,21,23). The summed E-state index contributed by atoms with van der Waals surface area (Å²) in [5.74, 6) is -0.0113. The van der Waals surface area contributed by atoms with E-state index < -0.39 is 0 Å². The van der Waals surface area contributed by atoms with Crippen LogP contribution in [0.4, 0.5) is 0 Å². The molecular weight excluding hydrogens is 318 g/mol. The third-order valence-electron chi connectivity index (χ3n) is 3.87. The van der Waals surface area contributed by atoms with Crippen molar-refractivity contribution in [3.8, 4) is 0 Å². The summed E-state index contributed by atoms with van der Waals surface area (Å²) in [5.41, 5.74) is 2.86. The number of thiazole rings is 1. The zero-order valence-corrected chi connectivity index (χ0v) is 14.5. The number of nitrogens with one attached hydrogen (secondary N) is 2. The second-order valence-electron chi connectivity index (χ2n) is 5.59. The normalized spacial score (nSPS) is 10.9. The number of rotatable bonds is 7. The molecule has 0 radical (unpaired) electrons. The molecule has 0 saturated heterocycles. The Morgan fingerprint density at radius 1 is 1.04 bits per heavy atom. The molecule has 0 saturated carbocycles. The van der Waals surface area contributed by atoms with Crippen LogP contribution in [0, 0.1) is 0 Å². The molecule has 0 unspecified atom stereocenters. The molecule has 0 bridgehead atoms. The Labute approximate surface area is 145 Å². The van der Waals surface area contributed by atoms with Gasteiger partial charge in [-0.3, -0.25) is 4.79 Å². The van der Waals surface area contributed by atoms with Crippen LogP contribution in [-0.4, -0.2) is 31.0 Å². The first-order valence-electron chi connectivity index (χ1n) is 8.13. The molecule has 1 heterocycles. The monoisotopic (exact) mass is 339 g/mol. The van der Waals surface area contributed by atoms with Gasteiger partial charge in [-0.1, -0.05) is 30.3 Å². The summed E-state index contributed by atoms with van der Waals surface area (Å²) in [6, 6.07) is 15.9. The lowest BCUT2D eigenvalue weighted by atomic mass is 10.0. The third kappa shape index (κ3) is 3.99. The Morgan fingerprint density at radius 2 is 1.83 bits per heavy atom. The van der Waals surface area contributed by atoms with Crippen LogP contribution in [0.1, 0.15) is 20.9 Å². The van der Waals surface area contributed by atoms with E-state index in [4.69, 9.17) is 0 Å². The number of benzene rings is 2. The molecule has 0 aliphatic rings. The van der Waals surface area contributed by atoms with Gasteiger partial charge in [0, 0.05) is 18.5 Å². The van der Waals surface area contributed by atoms with Gasteiger partial charge in [0.2, 0.25) is 0 Å². The minimum absolute atomic E-state index is 0.0113. The number of hydrogen-bond donors (Lipinski definition) is 2. The van der Waals surface area contributed by atoms with Gasteiger partial charge < -0.3 is 10.6 Å². The lowest BCUT2D eigenvalue weighted by molar-refractivity contribution is 0.0953. The van der Waals surface area contributed by atoms with E-state index in [-0.39, 0.29) is 5.91 Å². The number of carbonyl (C=O) groups is 1. The summed E-state index contributed by atoms with van der Waals surface area (Å²) in [4.78, 5) is 17.0. The number of hydrogen-bond acceptors (Lipinski definition) is 4. The van der Waals surface area contributed by atoms with Gasteiger partial charge in [-0.05, 0) is 43.8 Å². The molecule has 0 spiro atoms. The van der Waals surface area contributed by atoms with Crippen molar-refractivity contribution < 1.29 is 4.79 Å². The van der Waals surface area contributed by atoms with E-state index in [1.807, 2.05) is 49.5 Å². The van der Waals surface area contributed by atoms with Crippen LogP contribution in [0.5, 0.6) is 0 Å². The molecule has 124 valence electrons. The topological polar surface area (TPSA) is 54.0 Å². The number of para-hydroxylation sites is 1. The maximum absolute atomic E-state index is 12.4. The Balaban J connectivity index is 1.59. The average molecular weight is 339 g/mol. The highest BCUT2D eigenvalue weighted by molar-refractivity contribution is 7.18. The van der Waals surface area contributed by atoms with Crippen LogP contribution in [0.15, 0.2) is 48.5 Å². The Bertz CT molecular complexity index is 795. The van der Waals surface area contributed by atoms with E-state index in [0.29, 0.717) is 6.54 Å². The molecular formula is C19H21N3OS. The summed E-state index contributed by atoms with van der Waals surface area (Å²) >= 11 is 1.69. The van der Waals surface area contributed by atoms with Crippen LogP contribution in [-0.2, 0) is 12.8 Å². The van der Waals surface area contributed by atoms with Gasteiger partial charge >= 0.3 is 0 Å². The molecule has 0 fully saturated rings. The second kappa shape index (κ2) is 8.04. The molecule has 1 aromatic heterocycles. The van der Waals surface area contributed by atoms with Crippen molar-refractivity contribution in [1.82, 2.24) is 15.6 Å². The maximum Gasteiger partial charge on any atom is 0.251 e. The van der Waals surface area contributed by atoms with Gasteiger partial charge in [0.25, 0.3) is 5.91 Å². The smallest absolute Gasteiger partial charge is 0.251 e. The van der Waals surface area contributed by atoms with Gasteiger partial charge in [0.1, 0.15) is 0 Å². The van der Waals surface area contributed by atoms with Crippen molar-refractivity contribution in [2.24, 2.45) is 0 Å². The third-order valence-corrected chi connectivity index (χ3v) is 4.97. The Kier molecular flexibility index (Phi) is 5.56. The van der Waals surface area contributed by atoms with Crippen LogP contribution >= 0.6 is 11.3 Å². The Morgan fingerprint density at radius 3 is 2.67 bits per heavy atom. The van der Waals surface area contributed by atoms with Gasteiger partial charge in [0.15, 0.2) is 0 Å². The average Bonchev–Trinajstić information content (AvgIpc) is 3.03. The maximum atomic E-state index is 12.4. The van der Waals surface area contributed by atoms with Crippen LogP contribution in [0.2, 0.25) is 0 Å². The molecule has 3 rings (SSSR count). The van der Waals surface area contributed by atoms with Crippen molar-refractivity contribution in [3.05, 3.63) is 64.7 Å². The van der Waals surface area contributed by atoms with E-state index in [0.717, 1.165) is 41.0 Å². The first-order valence-corrected chi connectivity index (χ1v) is 8.94. The summed E-state index contributed by atoms with van der Waals surface area (Å²) in [6.07, 6.45) is 1.60. The SMILES string of the molecule is CNCCc1ccccc1C(=O)NCCc1nc2ccccc2s1. The fourth-order valence-corrected chi connectivity index (χ4v) is 3.59. The van der Waals surface area contributed by atoms with E-state index in [2.05, 4.69) is 21.7 Å². The molecule has 2 aromatic carbocycles. The molecule has 0 aliphatic carbocycles. The van der Waals surface area contributed by atoms with Crippen molar-refractivity contribution in [3.63, 3.8) is 0 Å². The predicted molar refractivity (Wildman–Crippen MR) is 99.7 cm³/mol. The van der Waals surface area contributed by atoms with Crippen molar-refractivity contribution in [2.75, 3.05) is 20.1 Å². The highest BCUT2D eigenvalue weighted by Crippen LogP contribution is 2.21. The number of fused-ring (bicyclic) bond motifs is 1. The number of carbonyl (C=O) groups excluding carboxylic acids is 1. The zero-order valence-electron chi connectivity index (χ0n) is 13.7. The summed E-state index contributed by atoms with van der Waals surface area (Å²) < 4.78 is 1.19. The number of aromatic nitrogens is 1. The van der Waals surface area contributed by atoms with Crippen molar-refractivity contribution in [2.45, 2.75) is 12.8 Å². The van der Waals surface area contributed by atoms with Gasteiger partial charge in [-0.2, -0.15) is 0 Å². The first-order chi connectivity index (χ1) is 11.8. The molecule has 2 N–H and O–H groups in total. The minimum Gasteiger partial charge on any atom is -0.352 e. The molecule has 4 nitrogen and oxygen atoms in total. The minimum atomic E-state index is -0.0113. The Hall–Kier alpha value is -2.24. The van der Waals surface area contributed by atoms with Gasteiger partial charge in [-0.25, -0.2) is 4.98 Å². The molecule has 24 heavy (non-hydrogen) atoms. The predicted octanol–water partition coefficient (Wildman–Crippen LogP) is 3.03. The zero-order chi connectivity index (χ0) is 16.8. The van der Waals surface area contributed by atoms with Crippen LogP contribution < -0.4 is 10.6 Å². The number of likely N-dealkylation sites (N-methyl/N-ethyl adjacent to an activating group) is 1. The van der Waals surface area contributed by atoms with Crippen molar-refractivity contribution in [1.29, 1.82) is 0 Å². The van der Waals surface area contributed by atoms with Crippen LogP contribution in [0.25, 0.3) is 10.2 Å². The molecule has 3 aromatic rings. The van der Waals surface area contributed by atoms with E-state index in [9.17, 15) is 4.79 Å². The van der Waals surface area contributed by atoms with Gasteiger partial charge in [-0.15, -0.1) is 11.3 Å². The molecule has 1 amide bonds. The lowest BCUT2D eigenvalue weighted by Crippen LogP contribution is -2.27.